The lowest BCUT2D eigenvalue weighted by atomic mass is 10.1. The molecule has 3 N–H and O–H groups in total. The van der Waals surface area contributed by atoms with Gasteiger partial charge in [-0.05, 0) is 17.7 Å². The molecular formula is C17H24N6O3S. The van der Waals surface area contributed by atoms with Gasteiger partial charge in [-0.25, -0.2) is 13.6 Å². The van der Waals surface area contributed by atoms with Crippen molar-refractivity contribution in [2.45, 2.75) is 17.5 Å². The number of guanidine groups is 1. The summed E-state index contributed by atoms with van der Waals surface area (Å²) in [5.41, 5.74) is 1.97. The predicted octanol–water partition coefficient (Wildman–Crippen LogP) is 0.216. The van der Waals surface area contributed by atoms with Gasteiger partial charge in [0.05, 0.1) is 24.2 Å². The molecule has 0 aliphatic carbocycles. The number of sulfonamides is 1. The van der Waals surface area contributed by atoms with Crippen molar-refractivity contribution in [3.8, 4) is 0 Å². The molecule has 27 heavy (non-hydrogen) atoms. The first-order chi connectivity index (χ1) is 12.9. The number of morpholine rings is 1. The van der Waals surface area contributed by atoms with Gasteiger partial charge in [0.25, 0.3) is 0 Å². The highest BCUT2D eigenvalue weighted by atomic mass is 32.2. The fourth-order valence-corrected chi connectivity index (χ4v) is 3.48. The van der Waals surface area contributed by atoms with Crippen molar-refractivity contribution >= 4 is 16.0 Å². The molecule has 0 bridgehead atoms. The zero-order valence-electron chi connectivity index (χ0n) is 15.4. The summed E-state index contributed by atoms with van der Waals surface area (Å²) < 4.78 is 30.3. The van der Waals surface area contributed by atoms with Crippen LogP contribution in [0.25, 0.3) is 0 Å². The molecule has 0 amide bonds. The molecular weight excluding hydrogens is 368 g/mol. The number of primary sulfonamides is 1. The number of aryl methyl sites for hydroxylation is 1. The standard InChI is InChI=1S/C17H24N6O3S/c1-19-17(20-9-13-3-5-15(6-4-13)27(18,24)25)23-7-8-26-16(12-23)14-10-21-22(2)11-14/h3-6,10-11,16H,7-9,12H2,1-2H3,(H,19,20)(H2,18,24,25). The zero-order chi connectivity index (χ0) is 19.4. The SMILES string of the molecule is CN=C(NCc1ccc(S(N)(=O)=O)cc1)N1CCOC(c2cnn(C)c2)C1. The summed E-state index contributed by atoms with van der Waals surface area (Å²) in [6.45, 7) is 2.53. The van der Waals surface area contributed by atoms with Crippen LogP contribution in [0.1, 0.15) is 17.2 Å². The Labute approximate surface area is 158 Å². The van der Waals surface area contributed by atoms with E-state index in [1.807, 2.05) is 19.4 Å². The molecule has 2 heterocycles. The van der Waals surface area contributed by atoms with Gasteiger partial charge in [-0.1, -0.05) is 12.1 Å². The van der Waals surface area contributed by atoms with Crippen LogP contribution in [-0.2, 0) is 28.4 Å². The molecule has 1 atom stereocenters. The lowest BCUT2D eigenvalue weighted by Crippen LogP contribution is -2.47. The van der Waals surface area contributed by atoms with E-state index in [1.54, 1.807) is 23.9 Å². The fourth-order valence-electron chi connectivity index (χ4n) is 2.96. The first-order valence-corrected chi connectivity index (χ1v) is 10.1. The number of nitrogens with one attached hydrogen (secondary N) is 1. The van der Waals surface area contributed by atoms with E-state index in [0.29, 0.717) is 19.7 Å². The van der Waals surface area contributed by atoms with E-state index in [1.165, 1.54) is 12.1 Å². The van der Waals surface area contributed by atoms with Crippen molar-refractivity contribution in [2.75, 3.05) is 26.7 Å². The molecule has 1 saturated heterocycles. The number of nitrogens with zero attached hydrogens (tertiary/aromatic N) is 4. The predicted molar refractivity (Wildman–Crippen MR) is 101 cm³/mol. The average molecular weight is 392 g/mol. The van der Waals surface area contributed by atoms with Gasteiger partial charge in [-0.3, -0.25) is 9.67 Å². The lowest BCUT2D eigenvalue weighted by Gasteiger charge is -2.34. The van der Waals surface area contributed by atoms with Gasteiger partial charge in [0.15, 0.2) is 5.96 Å². The Kier molecular flexibility index (Phi) is 5.78. The molecule has 1 aliphatic rings. The third-order valence-corrected chi connectivity index (χ3v) is 5.31. The van der Waals surface area contributed by atoms with Crippen molar-refractivity contribution < 1.29 is 13.2 Å². The Balaban J connectivity index is 1.61. The maximum Gasteiger partial charge on any atom is 0.238 e. The van der Waals surface area contributed by atoms with Crippen LogP contribution in [0.5, 0.6) is 0 Å². The van der Waals surface area contributed by atoms with Gasteiger partial charge < -0.3 is 15.0 Å². The number of nitrogens with two attached hydrogens (primary N) is 1. The van der Waals surface area contributed by atoms with Gasteiger partial charge in [0.1, 0.15) is 6.10 Å². The molecule has 146 valence electrons. The molecule has 3 rings (SSSR count). The van der Waals surface area contributed by atoms with Crippen molar-refractivity contribution in [1.29, 1.82) is 0 Å². The van der Waals surface area contributed by atoms with E-state index in [2.05, 4.69) is 20.3 Å². The van der Waals surface area contributed by atoms with Crippen LogP contribution in [0.3, 0.4) is 0 Å². The smallest absolute Gasteiger partial charge is 0.238 e. The summed E-state index contributed by atoms with van der Waals surface area (Å²) in [6, 6.07) is 6.47. The van der Waals surface area contributed by atoms with Gasteiger partial charge in [-0.2, -0.15) is 5.10 Å². The highest BCUT2D eigenvalue weighted by molar-refractivity contribution is 7.89. The van der Waals surface area contributed by atoms with Crippen LogP contribution in [0, 0.1) is 0 Å². The van der Waals surface area contributed by atoms with E-state index in [-0.39, 0.29) is 11.0 Å². The Morgan fingerprint density at radius 2 is 2.15 bits per heavy atom. The number of rotatable bonds is 4. The molecule has 0 radical (unpaired) electrons. The van der Waals surface area contributed by atoms with E-state index >= 15 is 0 Å². The molecule has 1 aliphatic heterocycles. The number of aromatic nitrogens is 2. The van der Waals surface area contributed by atoms with Crippen LogP contribution in [0.2, 0.25) is 0 Å². The molecule has 1 aromatic heterocycles. The summed E-state index contributed by atoms with van der Waals surface area (Å²) >= 11 is 0. The summed E-state index contributed by atoms with van der Waals surface area (Å²) in [6.07, 6.45) is 3.72. The van der Waals surface area contributed by atoms with Crippen LogP contribution in [0.15, 0.2) is 46.5 Å². The minimum absolute atomic E-state index is 0.0555. The number of ether oxygens (including phenoxy) is 1. The Hall–Kier alpha value is -2.43. The number of benzene rings is 1. The minimum Gasteiger partial charge on any atom is -0.370 e. The number of hydrogen-bond acceptors (Lipinski definition) is 5. The summed E-state index contributed by atoms with van der Waals surface area (Å²) in [7, 11) is -0.0587. The highest BCUT2D eigenvalue weighted by Crippen LogP contribution is 2.21. The number of aliphatic imine (C=N–C) groups is 1. The molecule has 0 spiro atoms. The Bertz CT molecular complexity index is 907. The second-order valence-electron chi connectivity index (χ2n) is 6.34. The maximum absolute atomic E-state index is 11.3. The topological polar surface area (TPSA) is 115 Å². The minimum atomic E-state index is -3.68. The Morgan fingerprint density at radius 3 is 2.74 bits per heavy atom. The molecule has 10 heteroatoms. The normalized spacial score (nSPS) is 18.6. The third-order valence-electron chi connectivity index (χ3n) is 4.38. The monoisotopic (exact) mass is 392 g/mol. The third kappa shape index (κ3) is 4.85. The molecule has 1 aromatic carbocycles. The first kappa shape index (κ1) is 19.3. The largest absolute Gasteiger partial charge is 0.370 e. The summed E-state index contributed by atoms with van der Waals surface area (Å²) in [5, 5.41) is 12.6. The fraction of sp³-hybridized carbons (Fsp3) is 0.412. The van der Waals surface area contributed by atoms with Gasteiger partial charge in [0.2, 0.25) is 10.0 Å². The van der Waals surface area contributed by atoms with Crippen LogP contribution >= 0.6 is 0 Å². The maximum atomic E-state index is 11.3. The van der Waals surface area contributed by atoms with Crippen molar-refractivity contribution in [1.82, 2.24) is 20.0 Å². The van der Waals surface area contributed by atoms with E-state index < -0.39 is 10.0 Å². The second kappa shape index (κ2) is 8.07. The van der Waals surface area contributed by atoms with Crippen molar-refractivity contribution in [3.63, 3.8) is 0 Å². The summed E-state index contributed by atoms with van der Waals surface area (Å²) in [4.78, 5) is 6.59. The van der Waals surface area contributed by atoms with E-state index in [9.17, 15) is 8.42 Å². The first-order valence-electron chi connectivity index (χ1n) is 8.54. The van der Waals surface area contributed by atoms with Gasteiger partial charge >= 0.3 is 0 Å². The number of hydrogen-bond donors (Lipinski definition) is 2. The van der Waals surface area contributed by atoms with E-state index in [0.717, 1.165) is 23.6 Å². The van der Waals surface area contributed by atoms with Crippen LogP contribution in [-0.4, -0.2) is 55.8 Å². The highest BCUT2D eigenvalue weighted by Gasteiger charge is 2.25. The van der Waals surface area contributed by atoms with Crippen LogP contribution in [0.4, 0.5) is 0 Å². The van der Waals surface area contributed by atoms with E-state index in [4.69, 9.17) is 9.88 Å². The van der Waals surface area contributed by atoms with Crippen molar-refractivity contribution in [3.05, 3.63) is 47.8 Å². The lowest BCUT2D eigenvalue weighted by molar-refractivity contribution is -0.00805. The zero-order valence-corrected chi connectivity index (χ0v) is 16.2. The van der Waals surface area contributed by atoms with Crippen molar-refractivity contribution in [2.24, 2.45) is 17.2 Å². The van der Waals surface area contributed by atoms with Crippen LogP contribution < -0.4 is 10.5 Å². The summed E-state index contributed by atoms with van der Waals surface area (Å²) in [5.74, 6) is 0.766. The average Bonchev–Trinajstić information content (AvgIpc) is 3.09. The molecule has 1 unspecified atom stereocenters. The van der Waals surface area contributed by atoms with Gasteiger partial charge in [-0.15, -0.1) is 0 Å². The van der Waals surface area contributed by atoms with Gasteiger partial charge in [0, 0.05) is 38.9 Å². The molecule has 0 saturated carbocycles. The Morgan fingerprint density at radius 1 is 1.41 bits per heavy atom. The quantitative estimate of drug-likeness (QED) is 0.568. The molecule has 1 fully saturated rings. The molecule has 9 nitrogen and oxygen atoms in total. The second-order valence-corrected chi connectivity index (χ2v) is 7.90. The molecule has 2 aromatic rings.